The van der Waals surface area contributed by atoms with Crippen molar-refractivity contribution in [1.29, 1.82) is 0 Å². The Bertz CT molecular complexity index is 669. The van der Waals surface area contributed by atoms with Gasteiger partial charge in [0.15, 0.2) is 0 Å². The van der Waals surface area contributed by atoms with Crippen molar-refractivity contribution in [2.45, 2.75) is 32.9 Å². The average Bonchev–Trinajstić information content (AvgIpc) is 2.93. The lowest BCUT2D eigenvalue weighted by Crippen LogP contribution is -2.16. The van der Waals surface area contributed by atoms with E-state index in [-0.39, 0.29) is 6.10 Å². The summed E-state index contributed by atoms with van der Waals surface area (Å²) in [7, 11) is 0. The number of fused-ring (bicyclic) bond motifs is 1. The minimum atomic E-state index is -0.323. The van der Waals surface area contributed by atoms with Crippen LogP contribution >= 0.6 is 0 Å². The van der Waals surface area contributed by atoms with E-state index in [1.54, 1.807) is 6.92 Å². The second kappa shape index (κ2) is 6.36. The Balaban J connectivity index is 1.75. The van der Waals surface area contributed by atoms with Crippen molar-refractivity contribution >= 4 is 5.71 Å². The Hall–Kier alpha value is -2.07. The van der Waals surface area contributed by atoms with E-state index in [1.807, 2.05) is 12.1 Å². The summed E-state index contributed by atoms with van der Waals surface area (Å²) in [4.78, 5) is 4.50. The summed E-state index contributed by atoms with van der Waals surface area (Å²) in [6, 6.07) is 12.4. The zero-order chi connectivity index (χ0) is 15.5. The fraction of sp³-hybridized carbons (Fsp3) is 0.389. The first-order valence-corrected chi connectivity index (χ1v) is 7.77. The van der Waals surface area contributed by atoms with Crippen molar-refractivity contribution in [2.75, 3.05) is 13.2 Å². The second-order valence-corrected chi connectivity index (χ2v) is 5.73. The molecule has 0 saturated heterocycles. The van der Waals surface area contributed by atoms with Crippen LogP contribution in [0.1, 0.15) is 26.0 Å². The van der Waals surface area contributed by atoms with E-state index in [0.717, 1.165) is 24.6 Å². The van der Waals surface area contributed by atoms with Gasteiger partial charge in [-0.05, 0) is 55.8 Å². The molecule has 1 aromatic heterocycles. The van der Waals surface area contributed by atoms with E-state index in [2.05, 4.69) is 40.7 Å². The van der Waals surface area contributed by atoms with Crippen molar-refractivity contribution in [3.8, 4) is 17.0 Å². The number of benzene rings is 1. The number of hydrogen-bond acceptors (Lipinski definition) is 3. The molecule has 0 fully saturated rings. The van der Waals surface area contributed by atoms with Gasteiger partial charge in [0.25, 0.3) is 0 Å². The van der Waals surface area contributed by atoms with Gasteiger partial charge in [-0.25, -0.2) is 0 Å². The van der Waals surface area contributed by atoms with Gasteiger partial charge in [0, 0.05) is 18.7 Å². The lowest BCUT2D eigenvalue weighted by atomic mass is 10.1. The molecule has 4 heteroatoms. The van der Waals surface area contributed by atoms with Gasteiger partial charge in [-0.2, -0.15) is 0 Å². The number of ether oxygens (including phenoxy) is 1. The molecule has 116 valence electrons. The van der Waals surface area contributed by atoms with Crippen molar-refractivity contribution in [1.82, 2.24) is 4.57 Å². The van der Waals surface area contributed by atoms with Crippen LogP contribution in [-0.4, -0.2) is 34.6 Å². The largest absolute Gasteiger partial charge is 0.493 e. The average molecular weight is 298 g/mol. The molecule has 1 aromatic carbocycles. The molecule has 3 rings (SSSR count). The summed E-state index contributed by atoms with van der Waals surface area (Å²) in [5.41, 5.74) is 4.72. The van der Waals surface area contributed by atoms with E-state index in [1.165, 1.54) is 17.0 Å². The normalized spacial score (nSPS) is 15.1. The predicted octanol–water partition coefficient (Wildman–Crippen LogP) is 3.13. The van der Waals surface area contributed by atoms with Gasteiger partial charge in [-0.15, -0.1) is 0 Å². The Morgan fingerprint density at radius 3 is 2.64 bits per heavy atom. The minimum Gasteiger partial charge on any atom is -0.493 e. The Morgan fingerprint density at radius 1 is 1.18 bits per heavy atom. The van der Waals surface area contributed by atoms with Crippen LogP contribution in [-0.2, 0) is 6.54 Å². The quantitative estimate of drug-likeness (QED) is 0.922. The van der Waals surface area contributed by atoms with Crippen LogP contribution in [0.3, 0.4) is 0 Å². The first kappa shape index (κ1) is 14.9. The fourth-order valence-electron chi connectivity index (χ4n) is 2.74. The maximum atomic E-state index is 9.24. The fourth-order valence-corrected chi connectivity index (χ4v) is 2.74. The molecule has 2 heterocycles. The molecule has 22 heavy (non-hydrogen) atoms. The van der Waals surface area contributed by atoms with Gasteiger partial charge in [0.2, 0.25) is 0 Å². The number of aliphatic hydroxyl groups excluding tert-OH is 1. The molecule has 0 radical (unpaired) electrons. The molecule has 1 atom stereocenters. The van der Waals surface area contributed by atoms with Gasteiger partial charge >= 0.3 is 0 Å². The lowest BCUT2D eigenvalue weighted by Gasteiger charge is -2.17. The minimum absolute atomic E-state index is 0.323. The zero-order valence-corrected chi connectivity index (χ0v) is 13.1. The highest BCUT2D eigenvalue weighted by Gasteiger charge is 2.14. The topological polar surface area (TPSA) is 46.8 Å². The molecule has 0 spiro atoms. The maximum absolute atomic E-state index is 9.24. The van der Waals surface area contributed by atoms with Crippen LogP contribution in [0.25, 0.3) is 11.3 Å². The highest BCUT2D eigenvalue weighted by Crippen LogP contribution is 2.26. The smallest absolute Gasteiger partial charge is 0.119 e. The van der Waals surface area contributed by atoms with E-state index in [0.29, 0.717) is 13.0 Å². The molecule has 0 bridgehead atoms. The van der Waals surface area contributed by atoms with E-state index in [4.69, 9.17) is 4.74 Å². The second-order valence-electron chi connectivity index (χ2n) is 5.73. The third kappa shape index (κ3) is 3.07. The highest BCUT2D eigenvalue weighted by molar-refractivity contribution is 5.98. The van der Waals surface area contributed by atoms with Crippen molar-refractivity contribution in [3.63, 3.8) is 0 Å². The number of hydrogen-bond donors (Lipinski definition) is 1. The molecule has 1 aliphatic rings. The van der Waals surface area contributed by atoms with Gasteiger partial charge in [-0.1, -0.05) is 0 Å². The summed E-state index contributed by atoms with van der Waals surface area (Å²) < 4.78 is 7.96. The highest BCUT2D eigenvalue weighted by atomic mass is 16.5. The number of aliphatic imine (C=N–C) groups is 1. The van der Waals surface area contributed by atoms with Crippen molar-refractivity contribution < 1.29 is 9.84 Å². The van der Waals surface area contributed by atoms with Crippen LogP contribution < -0.4 is 4.74 Å². The van der Waals surface area contributed by atoms with Gasteiger partial charge in [0.05, 0.1) is 30.7 Å². The molecule has 0 saturated carbocycles. The van der Waals surface area contributed by atoms with E-state index in [9.17, 15) is 5.11 Å². The van der Waals surface area contributed by atoms with Crippen LogP contribution in [0, 0.1) is 0 Å². The summed E-state index contributed by atoms with van der Waals surface area (Å²) in [6.07, 6.45) is 0.323. The van der Waals surface area contributed by atoms with Crippen molar-refractivity contribution in [3.05, 3.63) is 42.1 Å². The molecule has 0 amide bonds. The Morgan fingerprint density at radius 2 is 1.91 bits per heavy atom. The molecule has 4 nitrogen and oxygen atoms in total. The molecular formula is C18H22N2O2. The Labute approximate surface area is 131 Å². The van der Waals surface area contributed by atoms with E-state index < -0.39 is 0 Å². The molecule has 2 aromatic rings. The SMILES string of the molecule is CC1=NCCn2c1ccc2-c1ccc(OCCC(C)O)cc1. The number of rotatable bonds is 5. The van der Waals surface area contributed by atoms with Gasteiger partial charge < -0.3 is 14.4 Å². The number of nitrogens with zero attached hydrogens (tertiary/aromatic N) is 2. The first-order chi connectivity index (χ1) is 10.6. The van der Waals surface area contributed by atoms with Crippen LogP contribution in [0.15, 0.2) is 41.4 Å². The number of aromatic nitrogens is 1. The lowest BCUT2D eigenvalue weighted by molar-refractivity contribution is 0.155. The molecule has 0 aliphatic carbocycles. The van der Waals surface area contributed by atoms with Crippen LogP contribution in [0.4, 0.5) is 0 Å². The maximum Gasteiger partial charge on any atom is 0.119 e. The van der Waals surface area contributed by atoms with Crippen molar-refractivity contribution in [2.24, 2.45) is 4.99 Å². The van der Waals surface area contributed by atoms with Crippen LogP contribution in [0.5, 0.6) is 5.75 Å². The zero-order valence-electron chi connectivity index (χ0n) is 13.1. The first-order valence-electron chi connectivity index (χ1n) is 7.77. The predicted molar refractivity (Wildman–Crippen MR) is 88.7 cm³/mol. The monoisotopic (exact) mass is 298 g/mol. The van der Waals surface area contributed by atoms with Crippen LogP contribution in [0.2, 0.25) is 0 Å². The standard InChI is InChI=1S/C18H22N2O2/c1-13(21)9-12-22-16-5-3-15(4-6-16)18-8-7-17-14(2)19-10-11-20(17)18/h3-8,13,21H,9-12H2,1-2H3. The summed E-state index contributed by atoms with van der Waals surface area (Å²) in [5.74, 6) is 0.840. The summed E-state index contributed by atoms with van der Waals surface area (Å²) in [5, 5.41) is 9.24. The molecular weight excluding hydrogens is 276 g/mol. The molecule has 1 unspecified atom stereocenters. The van der Waals surface area contributed by atoms with E-state index >= 15 is 0 Å². The third-order valence-electron chi connectivity index (χ3n) is 3.98. The third-order valence-corrected chi connectivity index (χ3v) is 3.98. The Kier molecular flexibility index (Phi) is 4.29. The summed E-state index contributed by atoms with van der Waals surface area (Å²) >= 11 is 0. The summed E-state index contributed by atoms with van der Waals surface area (Å²) in [6.45, 7) is 6.15. The van der Waals surface area contributed by atoms with Gasteiger partial charge in [-0.3, -0.25) is 4.99 Å². The molecule has 1 N–H and O–H groups in total. The molecule has 1 aliphatic heterocycles. The van der Waals surface area contributed by atoms with Gasteiger partial charge in [0.1, 0.15) is 5.75 Å². The number of aliphatic hydroxyl groups is 1.